The number of carbonyl (C=O) groups excluding carboxylic acids is 2. The summed E-state index contributed by atoms with van der Waals surface area (Å²) in [5.74, 6) is -0.993. The van der Waals surface area contributed by atoms with Gasteiger partial charge >= 0.3 is 17.8 Å². The molecule has 3 amide bonds. The summed E-state index contributed by atoms with van der Waals surface area (Å²) in [4.78, 5) is 39.4. The van der Waals surface area contributed by atoms with E-state index in [0.717, 1.165) is 19.3 Å². The lowest BCUT2D eigenvalue weighted by Gasteiger charge is -2.11. The number of rotatable bonds is 8. The lowest BCUT2D eigenvalue weighted by molar-refractivity contribution is 0.240. The maximum atomic E-state index is 14.2. The molecule has 0 spiro atoms. The van der Waals surface area contributed by atoms with Crippen LogP contribution < -0.4 is 26.4 Å². The Morgan fingerprint density at radius 1 is 1.21 bits per heavy atom. The highest BCUT2D eigenvalue weighted by Crippen LogP contribution is 2.16. The minimum absolute atomic E-state index is 0.120. The van der Waals surface area contributed by atoms with Gasteiger partial charge in [-0.1, -0.05) is 38.0 Å². The van der Waals surface area contributed by atoms with E-state index in [2.05, 4.69) is 20.9 Å². The number of nitrogens with one attached hydrogen (secondary N) is 3. The van der Waals surface area contributed by atoms with Crippen molar-refractivity contribution < 1.29 is 18.7 Å². The number of nitrogens with zero attached hydrogens (tertiary/aromatic N) is 2. The molecule has 1 heterocycles. The molecule has 9 nitrogen and oxygen atoms in total. The second-order valence-electron chi connectivity index (χ2n) is 6.15. The molecule has 0 aliphatic heterocycles. The van der Waals surface area contributed by atoms with Crippen molar-refractivity contribution in [1.29, 1.82) is 0 Å². The fourth-order valence-corrected chi connectivity index (χ4v) is 2.50. The number of para-hydroxylation sites is 1. The second-order valence-corrected chi connectivity index (χ2v) is 6.15. The van der Waals surface area contributed by atoms with E-state index in [9.17, 15) is 18.8 Å². The Labute approximate surface area is 167 Å². The van der Waals surface area contributed by atoms with Gasteiger partial charge in [0.25, 0.3) is 0 Å². The largest absolute Gasteiger partial charge is 0.496 e. The van der Waals surface area contributed by atoms with Crippen LogP contribution >= 0.6 is 0 Å². The van der Waals surface area contributed by atoms with Crippen molar-refractivity contribution in [3.63, 3.8) is 0 Å². The van der Waals surface area contributed by atoms with Crippen LogP contribution in [0.15, 0.2) is 35.3 Å². The van der Waals surface area contributed by atoms with Crippen molar-refractivity contribution >= 4 is 17.9 Å². The summed E-state index contributed by atoms with van der Waals surface area (Å²) >= 11 is 0. The van der Waals surface area contributed by atoms with Gasteiger partial charge < -0.3 is 15.4 Å². The third-order valence-corrected chi connectivity index (χ3v) is 4.02. The molecule has 10 heteroatoms. The number of benzene rings is 1. The molecule has 29 heavy (non-hydrogen) atoms. The molecule has 0 fully saturated rings. The second kappa shape index (κ2) is 10.8. The van der Waals surface area contributed by atoms with Gasteiger partial charge in [-0.25, -0.2) is 23.3 Å². The van der Waals surface area contributed by atoms with Crippen LogP contribution in [-0.2, 0) is 6.54 Å². The zero-order valence-electron chi connectivity index (χ0n) is 16.3. The van der Waals surface area contributed by atoms with Crippen LogP contribution in [0.3, 0.4) is 0 Å². The van der Waals surface area contributed by atoms with Gasteiger partial charge in [-0.15, -0.1) is 0 Å². The van der Waals surface area contributed by atoms with Gasteiger partial charge in [0.2, 0.25) is 0 Å². The molecule has 0 radical (unpaired) electrons. The Morgan fingerprint density at radius 3 is 2.69 bits per heavy atom. The molecule has 0 atom stereocenters. The monoisotopic (exact) mass is 405 g/mol. The molecule has 156 valence electrons. The Morgan fingerprint density at radius 2 is 1.97 bits per heavy atom. The van der Waals surface area contributed by atoms with Gasteiger partial charge in [-0.2, -0.15) is 4.98 Å². The van der Waals surface area contributed by atoms with Crippen LogP contribution in [-0.4, -0.2) is 35.3 Å². The molecule has 2 aromatic rings. The average molecular weight is 405 g/mol. The van der Waals surface area contributed by atoms with Gasteiger partial charge in [0, 0.05) is 18.7 Å². The smallest absolute Gasteiger partial charge is 0.358 e. The minimum Gasteiger partial charge on any atom is -0.496 e. The highest BCUT2D eigenvalue weighted by Gasteiger charge is 2.15. The lowest BCUT2D eigenvalue weighted by Crippen LogP contribution is -2.39. The quantitative estimate of drug-likeness (QED) is 0.584. The van der Waals surface area contributed by atoms with Crippen LogP contribution in [0, 0.1) is 5.82 Å². The van der Waals surface area contributed by atoms with E-state index in [-0.39, 0.29) is 6.54 Å². The molecule has 1 aromatic heterocycles. The maximum absolute atomic E-state index is 14.2. The Hall–Kier alpha value is -3.43. The molecule has 0 saturated carbocycles. The summed E-state index contributed by atoms with van der Waals surface area (Å²) in [6.07, 6.45) is 3.35. The summed E-state index contributed by atoms with van der Waals surface area (Å²) < 4.78 is 19.9. The fraction of sp³-hybridized carbons (Fsp3) is 0.368. The Balaban J connectivity index is 1.98. The van der Waals surface area contributed by atoms with E-state index in [1.165, 1.54) is 7.11 Å². The van der Waals surface area contributed by atoms with Gasteiger partial charge in [0.1, 0.15) is 5.75 Å². The Kier molecular flexibility index (Phi) is 8.13. The number of halogens is 1. The normalized spacial score (nSPS) is 10.3. The number of aromatic nitrogens is 2. The highest BCUT2D eigenvalue weighted by atomic mass is 19.1. The number of urea groups is 1. The van der Waals surface area contributed by atoms with Crippen LogP contribution in [0.2, 0.25) is 0 Å². The third-order valence-electron chi connectivity index (χ3n) is 4.02. The minimum atomic E-state index is -1.01. The van der Waals surface area contributed by atoms with Crippen molar-refractivity contribution in [2.24, 2.45) is 0 Å². The SMILES string of the molecule is CCCCCNC(=O)n1cc(F)c(NC(=O)NCc2ccccc2OC)nc1=O. The van der Waals surface area contributed by atoms with Crippen LogP contribution in [0.4, 0.5) is 19.8 Å². The molecule has 0 saturated heterocycles. The van der Waals surface area contributed by atoms with Gasteiger partial charge in [-0.3, -0.25) is 5.32 Å². The van der Waals surface area contributed by atoms with Crippen LogP contribution in [0.5, 0.6) is 5.75 Å². The number of ether oxygens (including phenoxy) is 1. The molecular formula is C19H24FN5O4. The summed E-state index contributed by atoms with van der Waals surface area (Å²) in [5.41, 5.74) is -0.284. The molecule has 0 bridgehead atoms. The third kappa shape index (κ3) is 6.30. The number of carbonyl (C=O) groups is 2. The van der Waals surface area contributed by atoms with E-state index in [0.29, 0.717) is 28.6 Å². The van der Waals surface area contributed by atoms with Crippen molar-refractivity contribution in [3.8, 4) is 5.75 Å². The van der Waals surface area contributed by atoms with E-state index in [4.69, 9.17) is 4.74 Å². The maximum Gasteiger partial charge on any atom is 0.358 e. The average Bonchev–Trinajstić information content (AvgIpc) is 2.72. The number of hydrogen-bond acceptors (Lipinski definition) is 5. The summed E-state index contributed by atoms with van der Waals surface area (Å²) in [6.45, 7) is 2.50. The summed E-state index contributed by atoms with van der Waals surface area (Å²) in [7, 11) is 1.51. The molecule has 2 rings (SSSR count). The van der Waals surface area contributed by atoms with E-state index >= 15 is 0 Å². The van der Waals surface area contributed by atoms with Crippen LogP contribution in [0.1, 0.15) is 31.7 Å². The Bertz CT molecular complexity index is 916. The van der Waals surface area contributed by atoms with Gasteiger partial charge in [0.15, 0.2) is 11.6 Å². The van der Waals surface area contributed by atoms with E-state index < -0.39 is 29.4 Å². The number of amides is 3. The standard InChI is InChI=1S/C19H24FN5O4/c1-3-4-7-10-21-18(27)25-12-14(20)16(24-19(25)28)23-17(26)22-11-13-8-5-6-9-15(13)29-2/h5-6,8-9,12H,3-4,7,10-11H2,1-2H3,(H,21,27)(H2,22,23,24,26,28). The molecule has 0 aliphatic rings. The van der Waals surface area contributed by atoms with Gasteiger partial charge in [0.05, 0.1) is 13.3 Å². The molecule has 1 aromatic carbocycles. The summed E-state index contributed by atoms with van der Waals surface area (Å²) in [6, 6.07) is 5.54. The number of methoxy groups -OCH3 is 1. The number of anilines is 1. The molecular weight excluding hydrogens is 381 g/mol. The summed E-state index contributed by atoms with van der Waals surface area (Å²) in [5, 5.41) is 7.20. The van der Waals surface area contributed by atoms with E-state index in [1.54, 1.807) is 24.3 Å². The lowest BCUT2D eigenvalue weighted by atomic mass is 10.2. The molecule has 0 aliphatic carbocycles. The first-order valence-electron chi connectivity index (χ1n) is 9.20. The zero-order valence-corrected chi connectivity index (χ0v) is 16.3. The first-order valence-corrected chi connectivity index (χ1v) is 9.20. The number of unbranched alkanes of at least 4 members (excludes halogenated alkanes) is 2. The highest BCUT2D eigenvalue weighted by molar-refractivity contribution is 5.88. The zero-order chi connectivity index (χ0) is 21.2. The van der Waals surface area contributed by atoms with Crippen LogP contribution in [0.25, 0.3) is 0 Å². The topological polar surface area (TPSA) is 114 Å². The van der Waals surface area contributed by atoms with Crippen molar-refractivity contribution in [3.05, 3.63) is 52.3 Å². The fourth-order valence-electron chi connectivity index (χ4n) is 2.50. The molecule has 3 N–H and O–H groups in total. The van der Waals surface area contributed by atoms with Crippen molar-refractivity contribution in [1.82, 2.24) is 20.2 Å². The van der Waals surface area contributed by atoms with E-state index in [1.807, 2.05) is 6.92 Å². The first kappa shape index (κ1) is 21.9. The van der Waals surface area contributed by atoms with Crippen molar-refractivity contribution in [2.75, 3.05) is 19.0 Å². The molecule has 0 unspecified atom stereocenters. The predicted octanol–water partition coefficient (Wildman–Crippen LogP) is 2.46. The van der Waals surface area contributed by atoms with Crippen molar-refractivity contribution in [2.45, 2.75) is 32.7 Å². The first-order chi connectivity index (χ1) is 14.0. The van der Waals surface area contributed by atoms with Gasteiger partial charge in [-0.05, 0) is 12.5 Å². The predicted molar refractivity (Wildman–Crippen MR) is 106 cm³/mol. The number of hydrogen-bond donors (Lipinski definition) is 3.